The zero-order valence-electron chi connectivity index (χ0n) is 15.0. The predicted molar refractivity (Wildman–Crippen MR) is 112 cm³/mol. The molecule has 1 heterocycles. The molecule has 26 heavy (non-hydrogen) atoms. The van der Waals surface area contributed by atoms with E-state index in [2.05, 4.69) is 6.58 Å². The summed E-state index contributed by atoms with van der Waals surface area (Å²) in [6.07, 6.45) is 4.44. The van der Waals surface area contributed by atoms with Crippen LogP contribution >= 0.6 is 23.5 Å². The zero-order chi connectivity index (χ0) is 18.5. The van der Waals surface area contributed by atoms with Crippen molar-refractivity contribution >= 4 is 23.5 Å². The van der Waals surface area contributed by atoms with E-state index >= 15 is 0 Å². The van der Waals surface area contributed by atoms with E-state index in [1.807, 2.05) is 60.8 Å². The Morgan fingerprint density at radius 1 is 1.04 bits per heavy atom. The molecule has 2 aromatic carbocycles. The highest BCUT2D eigenvalue weighted by atomic mass is 32.2. The van der Waals surface area contributed by atoms with Gasteiger partial charge in [-0.15, -0.1) is 30.1 Å². The number of hydrogen-bond acceptors (Lipinski definition) is 2. The molecule has 1 aliphatic rings. The molecule has 0 radical (unpaired) electrons. The Kier molecular flexibility index (Phi) is 6.82. The molecule has 0 atom stereocenters. The Hall–Kier alpha value is -1.26. The van der Waals surface area contributed by atoms with E-state index < -0.39 is 11.6 Å². The van der Waals surface area contributed by atoms with Crippen molar-refractivity contribution in [3.8, 4) is 11.1 Å². The SMILES string of the molecule is C=CCC1CSC(c2ccc(-c3ccc(CCC)c(F)c3F)cc2)SC1. The lowest BCUT2D eigenvalue weighted by Crippen LogP contribution is -2.13. The summed E-state index contributed by atoms with van der Waals surface area (Å²) in [4.78, 5) is 0. The molecule has 0 amide bonds. The lowest BCUT2D eigenvalue weighted by molar-refractivity contribution is 0.500. The summed E-state index contributed by atoms with van der Waals surface area (Å²) in [7, 11) is 0. The maximum Gasteiger partial charge on any atom is 0.166 e. The summed E-state index contributed by atoms with van der Waals surface area (Å²) in [6.45, 7) is 5.79. The number of aryl methyl sites for hydroxylation is 1. The fraction of sp³-hybridized carbons (Fsp3) is 0.364. The summed E-state index contributed by atoms with van der Waals surface area (Å²) in [6, 6.07) is 11.3. The Bertz CT molecular complexity index is 747. The van der Waals surface area contributed by atoms with Gasteiger partial charge in [0.1, 0.15) is 0 Å². The maximum absolute atomic E-state index is 14.5. The van der Waals surface area contributed by atoms with Crippen LogP contribution in [0.4, 0.5) is 8.78 Å². The summed E-state index contributed by atoms with van der Waals surface area (Å²) < 4.78 is 29.1. The van der Waals surface area contributed by atoms with E-state index in [0.29, 0.717) is 28.0 Å². The number of halogens is 2. The van der Waals surface area contributed by atoms with Gasteiger partial charge in [0, 0.05) is 5.56 Å². The molecule has 0 spiro atoms. The first kappa shape index (κ1) is 19.5. The van der Waals surface area contributed by atoms with Crippen molar-refractivity contribution in [2.45, 2.75) is 30.8 Å². The van der Waals surface area contributed by atoms with Crippen LogP contribution in [0, 0.1) is 17.6 Å². The molecule has 0 aromatic heterocycles. The second kappa shape index (κ2) is 9.09. The van der Waals surface area contributed by atoms with Crippen LogP contribution in [0.3, 0.4) is 0 Å². The van der Waals surface area contributed by atoms with Crippen LogP contribution in [0.5, 0.6) is 0 Å². The van der Waals surface area contributed by atoms with Gasteiger partial charge in [0.15, 0.2) is 11.6 Å². The van der Waals surface area contributed by atoms with Gasteiger partial charge in [-0.3, -0.25) is 0 Å². The van der Waals surface area contributed by atoms with Gasteiger partial charge in [0.2, 0.25) is 0 Å². The lowest BCUT2D eigenvalue weighted by Gasteiger charge is -2.27. The molecular weight excluding hydrogens is 366 g/mol. The molecule has 3 rings (SSSR count). The van der Waals surface area contributed by atoms with Crippen LogP contribution in [0.25, 0.3) is 11.1 Å². The molecule has 0 nitrogen and oxygen atoms in total. The number of hydrogen-bond donors (Lipinski definition) is 0. The molecule has 1 aliphatic heterocycles. The van der Waals surface area contributed by atoms with Crippen molar-refractivity contribution in [2.24, 2.45) is 5.92 Å². The molecule has 0 bridgehead atoms. The van der Waals surface area contributed by atoms with E-state index in [-0.39, 0.29) is 0 Å². The van der Waals surface area contributed by atoms with Crippen LogP contribution in [0.15, 0.2) is 49.1 Å². The van der Waals surface area contributed by atoms with Crippen LogP contribution in [-0.4, -0.2) is 11.5 Å². The highest BCUT2D eigenvalue weighted by Crippen LogP contribution is 2.46. The molecule has 2 aromatic rings. The first-order valence-corrected chi connectivity index (χ1v) is 11.1. The van der Waals surface area contributed by atoms with Crippen molar-refractivity contribution in [1.82, 2.24) is 0 Å². The van der Waals surface area contributed by atoms with E-state index in [0.717, 1.165) is 29.9 Å². The number of thioether (sulfide) groups is 2. The average molecular weight is 391 g/mol. The fourth-order valence-electron chi connectivity index (χ4n) is 3.20. The molecule has 0 aliphatic carbocycles. The third kappa shape index (κ3) is 4.34. The molecule has 0 unspecified atom stereocenters. The molecule has 138 valence electrons. The third-order valence-corrected chi connectivity index (χ3v) is 7.94. The summed E-state index contributed by atoms with van der Waals surface area (Å²) >= 11 is 3.92. The van der Waals surface area contributed by atoms with Gasteiger partial charge >= 0.3 is 0 Å². The molecule has 0 saturated carbocycles. The van der Waals surface area contributed by atoms with Gasteiger partial charge < -0.3 is 0 Å². The van der Waals surface area contributed by atoms with Crippen LogP contribution < -0.4 is 0 Å². The smallest absolute Gasteiger partial charge is 0.166 e. The van der Waals surface area contributed by atoms with Crippen molar-refractivity contribution in [3.05, 3.63) is 71.8 Å². The third-order valence-electron chi connectivity index (χ3n) is 4.64. The quantitative estimate of drug-likeness (QED) is 0.476. The Morgan fingerprint density at radius 2 is 1.73 bits per heavy atom. The zero-order valence-corrected chi connectivity index (χ0v) is 16.6. The van der Waals surface area contributed by atoms with E-state index in [1.165, 1.54) is 5.56 Å². The number of allylic oxidation sites excluding steroid dienone is 1. The Balaban J connectivity index is 1.74. The van der Waals surface area contributed by atoms with Gasteiger partial charge in [-0.25, -0.2) is 8.78 Å². The van der Waals surface area contributed by atoms with Crippen molar-refractivity contribution in [3.63, 3.8) is 0 Å². The highest BCUT2D eigenvalue weighted by Gasteiger charge is 2.23. The predicted octanol–water partition coefficient (Wildman–Crippen LogP) is 7.26. The first-order valence-electron chi connectivity index (χ1n) is 9.05. The summed E-state index contributed by atoms with van der Waals surface area (Å²) in [5, 5.41) is 0. The monoisotopic (exact) mass is 390 g/mol. The van der Waals surface area contributed by atoms with Crippen LogP contribution in [0.2, 0.25) is 0 Å². The normalized spacial score (nSPS) is 20.1. The molecule has 1 saturated heterocycles. The summed E-state index contributed by atoms with van der Waals surface area (Å²) in [5.41, 5.74) is 2.76. The number of rotatable bonds is 6. The van der Waals surface area contributed by atoms with E-state index in [4.69, 9.17) is 0 Å². The summed E-state index contributed by atoms with van der Waals surface area (Å²) in [5.74, 6) is 1.54. The topological polar surface area (TPSA) is 0 Å². The average Bonchev–Trinajstić information content (AvgIpc) is 2.67. The minimum absolute atomic E-state index is 0.337. The van der Waals surface area contributed by atoms with Gasteiger partial charge in [0.05, 0.1) is 4.58 Å². The minimum Gasteiger partial charge on any atom is -0.203 e. The maximum atomic E-state index is 14.5. The van der Waals surface area contributed by atoms with Crippen molar-refractivity contribution < 1.29 is 8.78 Å². The number of benzene rings is 2. The lowest BCUT2D eigenvalue weighted by atomic mass is 10.00. The van der Waals surface area contributed by atoms with Crippen LogP contribution in [0.1, 0.15) is 35.5 Å². The van der Waals surface area contributed by atoms with Crippen LogP contribution in [-0.2, 0) is 6.42 Å². The van der Waals surface area contributed by atoms with Gasteiger partial charge in [-0.2, -0.15) is 0 Å². The molecular formula is C22H24F2S2. The van der Waals surface area contributed by atoms with Crippen molar-refractivity contribution in [2.75, 3.05) is 11.5 Å². The second-order valence-corrected chi connectivity index (χ2v) is 9.24. The molecule has 0 N–H and O–H groups in total. The highest BCUT2D eigenvalue weighted by molar-refractivity contribution is 8.16. The fourth-order valence-corrected chi connectivity index (χ4v) is 6.31. The standard InChI is InChI=1S/C22H24F2S2/c1-3-5-15-13-25-22(26-14-15)18-9-7-16(8-10-18)19-12-11-17(6-4-2)20(23)21(19)24/h3,7-12,15,22H,1,4-6,13-14H2,2H3. The van der Waals surface area contributed by atoms with E-state index in [1.54, 1.807) is 12.1 Å². The van der Waals surface area contributed by atoms with E-state index in [9.17, 15) is 8.78 Å². The minimum atomic E-state index is -0.739. The molecule has 4 heteroatoms. The van der Waals surface area contributed by atoms with Gasteiger partial charge in [-0.1, -0.05) is 55.8 Å². The van der Waals surface area contributed by atoms with Crippen molar-refractivity contribution in [1.29, 1.82) is 0 Å². The van der Waals surface area contributed by atoms with Gasteiger partial charge in [-0.05, 0) is 47.0 Å². The first-order chi connectivity index (χ1) is 12.6. The molecule has 1 fully saturated rings. The van der Waals surface area contributed by atoms with Gasteiger partial charge in [0.25, 0.3) is 0 Å². The Labute approximate surface area is 163 Å². The largest absolute Gasteiger partial charge is 0.203 e. The second-order valence-electron chi connectivity index (χ2n) is 6.66. The Morgan fingerprint density at radius 3 is 2.35 bits per heavy atom.